The van der Waals surface area contributed by atoms with E-state index in [1.165, 1.54) is 38.5 Å². The third kappa shape index (κ3) is 2.09. The summed E-state index contributed by atoms with van der Waals surface area (Å²) >= 11 is 0. The average molecular weight is 247 g/mol. The fraction of sp³-hybridized carbons (Fsp3) is 0.692. The molecule has 4 N–H and O–H groups in total. The summed E-state index contributed by atoms with van der Waals surface area (Å²) in [5, 5.41) is 0. The largest absolute Gasteiger partial charge is 0.383 e. The van der Waals surface area contributed by atoms with Gasteiger partial charge in [-0.05, 0) is 31.6 Å². The lowest BCUT2D eigenvalue weighted by molar-refractivity contribution is 0.243. The molecule has 0 radical (unpaired) electrons. The van der Waals surface area contributed by atoms with E-state index in [0.717, 1.165) is 18.3 Å². The first-order valence-corrected chi connectivity index (χ1v) is 6.91. The summed E-state index contributed by atoms with van der Waals surface area (Å²) < 4.78 is 0. The highest BCUT2D eigenvalue weighted by Gasteiger charge is 2.34. The second-order valence-electron chi connectivity index (χ2n) is 5.46. The van der Waals surface area contributed by atoms with Gasteiger partial charge in [0.05, 0.1) is 0 Å². The predicted octanol–water partition coefficient (Wildman–Crippen LogP) is 1.80. The topological polar surface area (TPSA) is 81.1 Å². The molecule has 98 valence electrons. The van der Waals surface area contributed by atoms with Crippen molar-refractivity contribution in [3.8, 4) is 0 Å². The summed E-state index contributed by atoms with van der Waals surface area (Å²) in [7, 11) is 0. The summed E-state index contributed by atoms with van der Waals surface area (Å²) in [5.41, 5.74) is 11.5. The Bertz CT molecular complexity index is 411. The van der Waals surface area contributed by atoms with E-state index in [-0.39, 0.29) is 5.95 Å². The first-order valence-electron chi connectivity index (χ1n) is 6.91. The van der Waals surface area contributed by atoms with Gasteiger partial charge in [-0.25, -0.2) is 0 Å². The van der Waals surface area contributed by atoms with Crippen LogP contribution in [0.4, 0.5) is 17.6 Å². The molecule has 2 atom stereocenters. The van der Waals surface area contributed by atoms with Crippen molar-refractivity contribution in [3.05, 3.63) is 6.07 Å². The monoisotopic (exact) mass is 247 g/mol. The van der Waals surface area contributed by atoms with Gasteiger partial charge in [0.15, 0.2) is 0 Å². The van der Waals surface area contributed by atoms with Gasteiger partial charge in [-0.3, -0.25) is 0 Å². The van der Waals surface area contributed by atoms with Crippen molar-refractivity contribution in [3.63, 3.8) is 0 Å². The maximum absolute atomic E-state index is 5.78. The molecule has 5 nitrogen and oxygen atoms in total. The van der Waals surface area contributed by atoms with E-state index in [2.05, 4.69) is 14.9 Å². The van der Waals surface area contributed by atoms with E-state index >= 15 is 0 Å². The predicted molar refractivity (Wildman–Crippen MR) is 73.2 cm³/mol. The summed E-state index contributed by atoms with van der Waals surface area (Å²) in [6.45, 7) is 1.07. The van der Waals surface area contributed by atoms with Crippen LogP contribution in [0.25, 0.3) is 0 Å². The zero-order valence-electron chi connectivity index (χ0n) is 10.7. The lowest BCUT2D eigenvalue weighted by atomic mass is 9.78. The van der Waals surface area contributed by atoms with Gasteiger partial charge >= 0.3 is 0 Å². The number of nitrogen functional groups attached to an aromatic ring is 2. The molecule has 5 heteroatoms. The van der Waals surface area contributed by atoms with E-state index in [0.29, 0.717) is 11.9 Å². The van der Waals surface area contributed by atoms with E-state index in [4.69, 9.17) is 11.5 Å². The number of hydrogen-bond acceptors (Lipinski definition) is 5. The molecule has 0 aromatic carbocycles. The van der Waals surface area contributed by atoms with Crippen LogP contribution in [-0.4, -0.2) is 22.6 Å². The minimum Gasteiger partial charge on any atom is -0.383 e. The van der Waals surface area contributed by atoms with Crippen LogP contribution in [0.2, 0.25) is 0 Å². The van der Waals surface area contributed by atoms with Crippen molar-refractivity contribution in [2.24, 2.45) is 5.92 Å². The van der Waals surface area contributed by atoms with Crippen LogP contribution in [0.15, 0.2) is 6.07 Å². The second kappa shape index (κ2) is 4.63. The quantitative estimate of drug-likeness (QED) is 0.791. The highest BCUT2D eigenvalue weighted by atomic mass is 15.2. The minimum atomic E-state index is 0.280. The number of rotatable bonds is 1. The minimum absolute atomic E-state index is 0.280. The Hall–Kier alpha value is -1.52. The molecule has 3 rings (SSSR count). The molecule has 1 saturated carbocycles. The lowest BCUT2D eigenvalue weighted by Gasteiger charge is -2.44. The fourth-order valence-electron chi connectivity index (χ4n) is 3.53. The summed E-state index contributed by atoms with van der Waals surface area (Å²) in [4.78, 5) is 10.7. The molecule has 2 aliphatic rings. The Morgan fingerprint density at radius 3 is 2.67 bits per heavy atom. The van der Waals surface area contributed by atoms with Crippen molar-refractivity contribution >= 4 is 17.6 Å². The second-order valence-corrected chi connectivity index (χ2v) is 5.46. The Balaban J connectivity index is 1.89. The molecule has 0 bridgehead atoms. The molecule has 1 aromatic heterocycles. The Labute approximate surface area is 108 Å². The van der Waals surface area contributed by atoms with Crippen LogP contribution in [-0.2, 0) is 0 Å². The van der Waals surface area contributed by atoms with Gasteiger partial charge in [0.2, 0.25) is 5.95 Å². The summed E-state index contributed by atoms with van der Waals surface area (Å²) in [6.07, 6.45) is 7.94. The summed E-state index contributed by atoms with van der Waals surface area (Å²) in [5.74, 6) is 2.49. The molecule has 1 aromatic rings. The van der Waals surface area contributed by atoms with Gasteiger partial charge < -0.3 is 16.4 Å². The molecule has 18 heavy (non-hydrogen) atoms. The summed E-state index contributed by atoms with van der Waals surface area (Å²) in [6, 6.07) is 2.48. The molecule has 2 heterocycles. The SMILES string of the molecule is Nc1cc(N2CCC[C@H]3CCCC[C@H]32)nc(N)n1. The molecule has 1 aliphatic heterocycles. The van der Waals surface area contributed by atoms with Crippen molar-refractivity contribution in [2.45, 2.75) is 44.6 Å². The van der Waals surface area contributed by atoms with Crippen LogP contribution < -0.4 is 16.4 Å². The molecule has 0 amide bonds. The van der Waals surface area contributed by atoms with E-state index in [1.54, 1.807) is 0 Å². The number of nitrogens with zero attached hydrogens (tertiary/aromatic N) is 3. The first kappa shape index (κ1) is 11.6. The van der Waals surface area contributed by atoms with Crippen LogP contribution >= 0.6 is 0 Å². The Morgan fingerprint density at radius 1 is 1.06 bits per heavy atom. The molecule has 0 spiro atoms. The molecule has 1 aliphatic carbocycles. The normalized spacial score (nSPS) is 27.9. The lowest BCUT2D eigenvalue weighted by Crippen LogP contribution is -2.47. The van der Waals surface area contributed by atoms with Gasteiger partial charge in [-0.2, -0.15) is 9.97 Å². The first-order chi connectivity index (χ1) is 8.74. The number of fused-ring (bicyclic) bond motifs is 1. The smallest absolute Gasteiger partial charge is 0.223 e. The van der Waals surface area contributed by atoms with Crippen molar-refractivity contribution in [1.82, 2.24) is 9.97 Å². The maximum atomic E-state index is 5.78. The Kier molecular flexibility index (Phi) is 2.97. The van der Waals surface area contributed by atoms with Gasteiger partial charge in [-0.15, -0.1) is 0 Å². The van der Waals surface area contributed by atoms with Crippen molar-refractivity contribution < 1.29 is 0 Å². The highest BCUT2D eigenvalue weighted by Crippen LogP contribution is 2.37. The van der Waals surface area contributed by atoms with E-state index in [9.17, 15) is 0 Å². The standard InChI is InChI=1S/C13H21N5/c14-11-8-12(17-13(15)16-11)18-7-3-5-9-4-1-2-6-10(9)18/h8-10H,1-7H2,(H4,14,15,16,17)/t9-,10-/m1/s1. The number of hydrogen-bond donors (Lipinski definition) is 2. The third-order valence-corrected chi connectivity index (χ3v) is 4.29. The fourth-order valence-corrected chi connectivity index (χ4v) is 3.53. The number of piperidine rings is 1. The van der Waals surface area contributed by atoms with Gasteiger partial charge in [0, 0.05) is 18.7 Å². The maximum Gasteiger partial charge on any atom is 0.223 e. The zero-order valence-corrected chi connectivity index (χ0v) is 10.7. The molecule has 2 fully saturated rings. The van der Waals surface area contributed by atoms with Crippen molar-refractivity contribution in [2.75, 3.05) is 22.9 Å². The third-order valence-electron chi connectivity index (χ3n) is 4.29. The zero-order chi connectivity index (χ0) is 12.5. The van der Waals surface area contributed by atoms with E-state index < -0.39 is 0 Å². The molecule has 1 saturated heterocycles. The Morgan fingerprint density at radius 2 is 1.83 bits per heavy atom. The number of nitrogens with two attached hydrogens (primary N) is 2. The van der Waals surface area contributed by atoms with Crippen LogP contribution in [0, 0.1) is 5.92 Å². The van der Waals surface area contributed by atoms with Gasteiger partial charge in [-0.1, -0.05) is 12.8 Å². The van der Waals surface area contributed by atoms with Gasteiger partial charge in [0.1, 0.15) is 11.6 Å². The van der Waals surface area contributed by atoms with Crippen LogP contribution in [0.1, 0.15) is 38.5 Å². The van der Waals surface area contributed by atoms with E-state index in [1.807, 2.05) is 6.07 Å². The molecular formula is C13H21N5. The molecule has 0 unspecified atom stereocenters. The average Bonchev–Trinajstić information content (AvgIpc) is 2.37. The highest BCUT2D eigenvalue weighted by molar-refractivity contribution is 5.51. The van der Waals surface area contributed by atoms with Crippen LogP contribution in [0.5, 0.6) is 0 Å². The van der Waals surface area contributed by atoms with Crippen LogP contribution in [0.3, 0.4) is 0 Å². The number of anilines is 3. The molecular weight excluding hydrogens is 226 g/mol. The number of aromatic nitrogens is 2. The van der Waals surface area contributed by atoms with Gasteiger partial charge in [0.25, 0.3) is 0 Å². The van der Waals surface area contributed by atoms with Crippen molar-refractivity contribution in [1.29, 1.82) is 0 Å².